The maximum Gasteiger partial charge on any atom is 0.175 e. The van der Waals surface area contributed by atoms with Gasteiger partial charge in [0, 0.05) is 12.1 Å². The number of methoxy groups -OCH3 is 1. The zero-order valence-electron chi connectivity index (χ0n) is 14.5. The summed E-state index contributed by atoms with van der Waals surface area (Å²) >= 11 is 9.58. The predicted molar refractivity (Wildman–Crippen MR) is 103 cm³/mol. The minimum Gasteiger partial charge on any atom is -0.493 e. The molecule has 2 aromatic carbocycles. The summed E-state index contributed by atoms with van der Waals surface area (Å²) < 4.78 is 25.2. The summed E-state index contributed by atoms with van der Waals surface area (Å²) in [5.41, 5.74) is 1.80. The van der Waals surface area contributed by atoms with E-state index in [1.165, 1.54) is 12.1 Å². The van der Waals surface area contributed by atoms with Crippen molar-refractivity contribution in [2.75, 3.05) is 13.7 Å². The topological polar surface area (TPSA) is 30.5 Å². The van der Waals surface area contributed by atoms with Gasteiger partial charge in [-0.15, -0.1) is 0 Å². The highest BCUT2D eigenvalue weighted by Crippen LogP contribution is 2.37. The van der Waals surface area contributed by atoms with Gasteiger partial charge in [-0.25, -0.2) is 4.39 Å². The van der Waals surface area contributed by atoms with Gasteiger partial charge in [-0.05, 0) is 58.2 Å². The number of nitrogens with one attached hydrogen (secondary N) is 1. The van der Waals surface area contributed by atoms with Crippen molar-refractivity contribution < 1.29 is 13.9 Å². The second kappa shape index (κ2) is 9.41. The maximum absolute atomic E-state index is 13.1. The van der Waals surface area contributed by atoms with Crippen LogP contribution in [0.25, 0.3) is 0 Å². The summed E-state index contributed by atoms with van der Waals surface area (Å²) in [5, 5.41) is 3.74. The first kappa shape index (κ1) is 20.0. The third-order valence-corrected chi connectivity index (χ3v) is 4.50. The third kappa shape index (κ3) is 5.87. The molecule has 0 aliphatic heterocycles. The van der Waals surface area contributed by atoms with Gasteiger partial charge in [-0.2, -0.15) is 0 Å². The second-order valence-electron chi connectivity index (χ2n) is 6.16. The lowest BCUT2D eigenvalue weighted by Crippen LogP contribution is -2.19. The van der Waals surface area contributed by atoms with Crippen molar-refractivity contribution in [1.82, 2.24) is 5.32 Å². The zero-order chi connectivity index (χ0) is 18.4. The number of hydrogen-bond acceptors (Lipinski definition) is 3. The van der Waals surface area contributed by atoms with Crippen LogP contribution in [0.3, 0.4) is 0 Å². The van der Waals surface area contributed by atoms with Gasteiger partial charge in [0.05, 0.1) is 16.6 Å². The second-order valence-corrected chi connectivity index (χ2v) is 7.42. The minimum atomic E-state index is -0.370. The Morgan fingerprint density at radius 2 is 2.00 bits per heavy atom. The van der Waals surface area contributed by atoms with Gasteiger partial charge in [0.15, 0.2) is 11.5 Å². The lowest BCUT2D eigenvalue weighted by atomic mass is 10.1. The Kier molecular flexibility index (Phi) is 7.54. The Balaban J connectivity index is 2.11. The van der Waals surface area contributed by atoms with Crippen molar-refractivity contribution in [3.63, 3.8) is 0 Å². The first-order valence-electron chi connectivity index (χ1n) is 8.04. The van der Waals surface area contributed by atoms with Gasteiger partial charge in [-0.3, -0.25) is 0 Å². The molecule has 25 heavy (non-hydrogen) atoms. The average molecular weight is 431 g/mol. The van der Waals surface area contributed by atoms with Gasteiger partial charge >= 0.3 is 0 Å². The van der Waals surface area contributed by atoms with E-state index in [0.29, 0.717) is 28.0 Å². The summed E-state index contributed by atoms with van der Waals surface area (Å²) in [5.74, 6) is 1.45. The molecular weight excluding hydrogens is 409 g/mol. The van der Waals surface area contributed by atoms with E-state index in [4.69, 9.17) is 21.1 Å². The van der Waals surface area contributed by atoms with E-state index >= 15 is 0 Å². The molecule has 0 aliphatic rings. The summed E-state index contributed by atoms with van der Waals surface area (Å²) in [6.07, 6.45) is 0. The van der Waals surface area contributed by atoms with Crippen LogP contribution in [-0.4, -0.2) is 13.7 Å². The highest BCUT2D eigenvalue weighted by molar-refractivity contribution is 9.10. The quantitative estimate of drug-likeness (QED) is 0.593. The maximum atomic E-state index is 13.1. The number of rotatable bonds is 8. The smallest absolute Gasteiger partial charge is 0.175 e. The Morgan fingerprint density at radius 3 is 2.64 bits per heavy atom. The summed E-state index contributed by atoms with van der Waals surface area (Å²) in [4.78, 5) is 0. The van der Waals surface area contributed by atoms with Crippen LogP contribution in [0.15, 0.2) is 34.8 Å². The average Bonchev–Trinajstić information content (AvgIpc) is 2.54. The van der Waals surface area contributed by atoms with E-state index in [1.807, 2.05) is 12.1 Å². The molecule has 0 saturated heterocycles. The first-order valence-corrected chi connectivity index (χ1v) is 9.21. The van der Waals surface area contributed by atoms with E-state index in [1.54, 1.807) is 13.2 Å². The molecule has 136 valence electrons. The van der Waals surface area contributed by atoms with Crippen molar-refractivity contribution in [2.45, 2.75) is 27.0 Å². The van der Waals surface area contributed by atoms with Crippen LogP contribution in [-0.2, 0) is 13.2 Å². The van der Waals surface area contributed by atoms with Crippen molar-refractivity contribution >= 4 is 27.5 Å². The lowest BCUT2D eigenvalue weighted by Gasteiger charge is -2.15. The summed E-state index contributed by atoms with van der Waals surface area (Å²) in [7, 11) is 1.60. The Bertz CT molecular complexity index is 725. The van der Waals surface area contributed by atoms with Crippen LogP contribution in [0.4, 0.5) is 4.39 Å². The van der Waals surface area contributed by atoms with Crippen LogP contribution >= 0.6 is 27.5 Å². The van der Waals surface area contributed by atoms with Gasteiger partial charge in [0.25, 0.3) is 0 Å². The molecule has 0 fully saturated rings. The van der Waals surface area contributed by atoms with E-state index in [-0.39, 0.29) is 12.4 Å². The standard InChI is InChI=1S/C19H22BrClFNO2/c1-12(2)9-23-10-13-6-16(20)19(18(7-13)24-3)25-11-14-4-5-15(22)8-17(14)21/h4-8,12,23H,9-11H2,1-3H3. The molecule has 0 amide bonds. The highest BCUT2D eigenvalue weighted by atomic mass is 79.9. The monoisotopic (exact) mass is 429 g/mol. The van der Waals surface area contributed by atoms with Crippen molar-refractivity contribution in [2.24, 2.45) is 5.92 Å². The molecule has 0 unspecified atom stereocenters. The van der Waals surface area contributed by atoms with Gasteiger partial charge in [0.1, 0.15) is 12.4 Å². The molecule has 1 N–H and O–H groups in total. The van der Waals surface area contributed by atoms with Gasteiger partial charge in [0.2, 0.25) is 0 Å². The van der Waals surface area contributed by atoms with Crippen molar-refractivity contribution in [3.05, 3.63) is 56.8 Å². The molecule has 0 saturated carbocycles. The molecule has 6 heteroatoms. The number of halogens is 3. The largest absolute Gasteiger partial charge is 0.493 e. The molecule has 0 spiro atoms. The highest BCUT2D eigenvalue weighted by Gasteiger charge is 2.13. The summed E-state index contributed by atoms with van der Waals surface area (Å²) in [6, 6.07) is 8.19. The van der Waals surface area contributed by atoms with Gasteiger partial charge in [-0.1, -0.05) is 31.5 Å². The van der Waals surface area contributed by atoms with Crippen LogP contribution in [0.5, 0.6) is 11.5 Å². The molecule has 0 radical (unpaired) electrons. The van der Waals surface area contributed by atoms with Crippen LogP contribution in [0.2, 0.25) is 5.02 Å². The fourth-order valence-electron chi connectivity index (χ4n) is 2.31. The third-order valence-electron chi connectivity index (χ3n) is 3.56. The predicted octanol–water partition coefficient (Wildman–Crippen LogP) is 5.57. The van der Waals surface area contributed by atoms with Crippen LogP contribution in [0.1, 0.15) is 25.0 Å². The minimum absolute atomic E-state index is 0.221. The SMILES string of the molecule is COc1cc(CNCC(C)C)cc(Br)c1OCc1ccc(F)cc1Cl. The molecule has 0 bridgehead atoms. The lowest BCUT2D eigenvalue weighted by molar-refractivity contribution is 0.282. The van der Waals surface area contributed by atoms with E-state index in [2.05, 4.69) is 35.1 Å². The van der Waals surface area contributed by atoms with Crippen molar-refractivity contribution in [1.29, 1.82) is 0 Å². The Morgan fingerprint density at radius 1 is 1.24 bits per heavy atom. The first-order chi connectivity index (χ1) is 11.9. The van der Waals surface area contributed by atoms with Crippen molar-refractivity contribution in [3.8, 4) is 11.5 Å². The fraction of sp³-hybridized carbons (Fsp3) is 0.368. The molecule has 2 rings (SSSR count). The molecule has 2 aromatic rings. The molecular formula is C19H22BrClFNO2. The molecule has 0 aromatic heterocycles. The zero-order valence-corrected chi connectivity index (χ0v) is 16.9. The van der Waals surface area contributed by atoms with E-state index in [9.17, 15) is 4.39 Å². The van der Waals surface area contributed by atoms with Gasteiger partial charge < -0.3 is 14.8 Å². The molecule has 3 nitrogen and oxygen atoms in total. The number of benzene rings is 2. The number of ether oxygens (including phenoxy) is 2. The summed E-state index contributed by atoms with van der Waals surface area (Å²) in [6.45, 7) is 6.25. The molecule has 0 atom stereocenters. The molecule has 0 heterocycles. The normalized spacial score (nSPS) is 11.0. The van der Waals surface area contributed by atoms with E-state index < -0.39 is 0 Å². The Hall–Kier alpha value is -1.30. The van der Waals surface area contributed by atoms with E-state index in [0.717, 1.165) is 23.1 Å². The molecule has 0 aliphatic carbocycles. The Labute approximate surface area is 161 Å². The fourth-order valence-corrected chi connectivity index (χ4v) is 3.13. The number of hydrogen-bond donors (Lipinski definition) is 1. The van der Waals surface area contributed by atoms with Crippen LogP contribution < -0.4 is 14.8 Å². The van der Waals surface area contributed by atoms with Crippen LogP contribution in [0, 0.1) is 11.7 Å².